The molecule has 0 atom stereocenters. The zero-order chi connectivity index (χ0) is 16.1. The van der Waals surface area contributed by atoms with Crippen LogP contribution >= 0.6 is 0 Å². The van der Waals surface area contributed by atoms with Crippen LogP contribution in [0, 0.1) is 0 Å². The molecule has 0 unspecified atom stereocenters. The Morgan fingerprint density at radius 1 is 1.13 bits per heavy atom. The highest BCUT2D eigenvalue weighted by atomic mass is 16.5. The van der Waals surface area contributed by atoms with E-state index in [9.17, 15) is 0 Å². The van der Waals surface area contributed by atoms with E-state index in [1.807, 2.05) is 18.2 Å². The average molecular weight is 315 g/mol. The molecule has 0 radical (unpaired) electrons. The van der Waals surface area contributed by atoms with Gasteiger partial charge in [0.25, 0.3) is 0 Å². The van der Waals surface area contributed by atoms with Crippen molar-refractivity contribution in [1.82, 2.24) is 15.2 Å². The number of rotatable bonds is 6. The van der Waals surface area contributed by atoms with Gasteiger partial charge in [-0.2, -0.15) is 10.1 Å². The zero-order valence-electron chi connectivity index (χ0n) is 13.4. The topological polar surface area (TPSA) is 81.2 Å². The number of anilines is 3. The van der Waals surface area contributed by atoms with Gasteiger partial charge in [0, 0.05) is 12.1 Å². The molecule has 23 heavy (non-hydrogen) atoms. The summed E-state index contributed by atoms with van der Waals surface area (Å²) in [7, 11) is 3.25. The number of methoxy groups -OCH3 is 2. The highest BCUT2D eigenvalue weighted by Crippen LogP contribution is 2.31. The average Bonchev–Trinajstić information content (AvgIpc) is 3.08. The minimum absolute atomic E-state index is 0.443. The van der Waals surface area contributed by atoms with E-state index >= 15 is 0 Å². The summed E-state index contributed by atoms with van der Waals surface area (Å²) < 4.78 is 10.6. The van der Waals surface area contributed by atoms with Gasteiger partial charge in [0.1, 0.15) is 11.5 Å². The Morgan fingerprint density at radius 2 is 1.96 bits per heavy atom. The fourth-order valence-electron chi connectivity index (χ4n) is 2.73. The number of nitrogens with one attached hydrogen (secondary N) is 2. The predicted octanol–water partition coefficient (Wildman–Crippen LogP) is 2.99. The van der Waals surface area contributed by atoms with E-state index in [1.165, 1.54) is 12.8 Å². The van der Waals surface area contributed by atoms with Crippen LogP contribution in [0.15, 0.2) is 24.4 Å². The molecule has 7 heteroatoms. The third-order valence-corrected chi connectivity index (χ3v) is 3.92. The molecule has 0 aliphatic heterocycles. The number of ether oxygens (including phenoxy) is 2. The lowest BCUT2D eigenvalue weighted by atomic mass is 10.2. The maximum absolute atomic E-state index is 5.36. The van der Waals surface area contributed by atoms with E-state index in [0.29, 0.717) is 23.6 Å². The standard InChI is InChI=1S/C16H21N5O2/c1-22-12-7-8-14(23-2)13(9-12)19-15-10-17-21-16(20-15)18-11-5-3-4-6-11/h7-11H,3-6H2,1-2H3,(H2,18,19,20,21). The maximum Gasteiger partial charge on any atom is 0.244 e. The van der Waals surface area contributed by atoms with Crippen molar-refractivity contribution in [2.24, 2.45) is 0 Å². The lowest BCUT2D eigenvalue weighted by Gasteiger charge is -2.14. The van der Waals surface area contributed by atoms with Crippen LogP contribution in [0.25, 0.3) is 0 Å². The maximum atomic E-state index is 5.36. The molecule has 0 saturated heterocycles. The third kappa shape index (κ3) is 3.80. The summed E-state index contributed by atoms with van der Waals surface area (Å²) in [5, 5.41) is 14.6. The Kier molecular flexibility index (Phi) is 4.75. The first-order chi connectivity index (χ1) is 11.3. The molecule has 1 aromatic heterocycles. The molecule has 1 aliphatic rings. The first-order valence-electron chi connectivity index (χ1n) is 7.74. The van der Waals surface area contributed by atoms with Gasteiger partial charge in [-0.05, 0) is 25.0 Å². The number of hydrogen-bond acceptors (Lipinski definition) is 7. The van der Waals surface area contributed by atoms with Crippen LogP contribution in [0.2, 0.25) is 0 Å². The zero-order valence-corrected chi connectivity index (χ0v) is 13.4. The summed E-state index contributed by atoms with van der Waals surface area (Å²) in [5.74, 6) is 2.59. The lowest BCUT2D eigenvalue weighted by Crippen LogP contribution is -2.17. The molecular formula is C16H21N5O2. The van der Waals surface area contributed by atoms with E-state index < -0.39 is 0 Å². The summed E-state index contributed by atoms with van der Waals surface area (Å²) in [6.07, 6.45) is 6.41. The second kappa shape index (κ2) is 7.13. The van der Waals surface area contributed by atoms with Gasteiger partial charge in [0.15, 0.2) is 5.82 Å². The minimum atomic E-state index is 0.443. The second-order valence-corrected chi connectivity index (χ2v) is 5.48. The van der Waals surface area contributed by atoms with Gasteiger partial charge < -0.3 is 20.1 Å². The largest absolute Gasteiger partial charge is 0.497 e. The van der Waals surface area contributed by atoms with Gasteiger partial charge in [-0.15, -0.1) is 5.10 Å². The summed E-state index contributed by atoms with van der Waals surface area (Å²) in [6, 6.07) is 5.98. The van der Waals surface area contributed by atoms with Crippen molar-refractivity contribution in [3.8, 4) is 11.5 Å². The van der Waals surface area contributed by atoms with E-state index in [2.05, 4.69) is 25.8 Å². The summed E-state index contributed by atoms with van der Waals surface area (Å²) >= 11 is 0. The van der Waals surface area contributed by atoms with Gasteiger partial charge in [0.05, 0.1) is 26.1 Å². The molecule has 1 fully saturated rings. The number of nitrogens with zero attached hydrogens (tertiary/aromatic N) is 3. The normalized spacial score (nSPS) is 14.5. The Hall–Kier alpha value is -2.57. The molecule has 2 aromatic rings. The Balaban J connectivity index is 1.77. The first-order valence-corrected chi connectivity index (χ1v) is 7.74. The van der Waals surface area contributed by atoms with Crippen LogP contribution in [-0.2, 0) is 0 Å². The summed E-state index contributed by atoms with van der Waals surface area (Å²) in [5.41, 5.74) is 0.763. The molecule has 1 heterocycles. The molecule has 1 saturated carbocycles. The van der Waals surface area contributed by atoms with Crippen molar-refractivity contribution in [3.05, 3.63) is 24.4 Å². The van der Waals surface area contributed by atoms with Crippen molar-refractivity contribution >= 4 is 17.5 Å². The van der Waals surface area contributed by atoms with Crippen LogP contribution in [0.5, 0.6) is 11.5 Å². The van der Waals surface area contributed by atoms with E-state index in [-0.39, 0.29) is 0 Å². The number of benzene rings is 1. The van der Waals surface area contributed by atoms with Crippen molar-refractivity contribution in [2.75, 3.05) is 24.9 Å². The van der Waals surface area contributed by atoms with Gasteiger partial charge in [0.2, 0.25) is 5.95 Å². The third-order valence-electron chi connectivity index (χ3n) is 3.92. The van der Waals surface area contributed by atoms with Crippen molar-refractivity contribution in [2.45, 2.75) is 31.7 Å². The van der Waals surface area contributed by atoms with Gasteiger partial charge in [-0.25, -0.2) is 0 Å². The minimum Gasteiger partial charge on any atom is -0.497 e. The number of hydrogen-bond donors (Lipinski definition) is 2. The highest BCUT2D eigenvalue weighted by molar-refractivity contribution is 5.66. The van der Waals surface area contributed by atoms with Crippen LogP contribution in [-0.4, -0.2) is 35.4 Å². The van der Waals surface area contributed by atoms with Gasteiger partial charge >= 0.3 is 0 Å². The van der Waals surface area contributed by atoms with E-state index in [0.717, 1.165) is 24.3 Å². The van der Waals surface area contributed by atoms with Gasteiger partial charge in [-0.1, -0.05) is 12.8 Å². The fraction of sp³-hybridized carbons (Fsp3) is 0.438. The molecule has 122 valence electrons. The molecule has 7 nitrogen and oxygen atoms in total. The monoisotopic (exact) mass is 315 g/mol. The van der Waals surface area contributed by atoms with E-state index in [4.69, 9.17) is 9.47 Å². The van der Waals surface area contributed by atoms with Crippen molar-refractivity contribution < 1.29 is 9.47 Å². The molecule has 1 aromatic carbocycles. The molecular weight excluding hydrogens is 294 g/mol. The molecule has 3 rings (SSSR count). The van der Waals surface area contributed by atoms with Crippen LogP contribution in [0.3, 0.4) is 0 Å². The molecule has 0 bridgehead atoms. The van der Waals surface area contributed by atoms with Crippen molar-refractivity contribution in [3.63, 3.8) is 0 Å². The summed E-state index contributed by atoms with van der Waals surface area (Å²) in [4.78, 5) is 4.47. The van der Waals surface area contributed by atoms with Crippen LogP contribution in [0.4, 0.5) is 17.5 Å². The Morgan fingerprint density at radius 3 is 2.70 bits per heavy atom. The second-order valence-electron chi connectivity index (χ2n) is 5.48. The highest BCUT2D eigenvalue weighted by Gasteiger charge is 2.16. The number of aromatic nitrogens is 3. The predicted molar refractivity (Wildman–Crippen MR) is 88.5 cm³/mol. The Labute approximate surface area is 135 Å². The molecule has 0 spiro atoms. The van der Waals surface area contributed by atoms with Crippen LogP contribution < -0.4 is 20.1 Å². The summed E-state index contributed by atoms with van der Waals surface area (Å²) in [6.45, 7) is 0. The molecule has 0 amide bonds. The Bertz CT molecular complexity index is 659. The molecule has 2 N–H and O–H groups in total. The lowest BCUT2D eigenvalue weighted by molar-refractivity contribution is 0.405. The van der Waals surface area contributed by atoms with Gasteiger partial charge in [-0.3, -0.25) is 0 Å². The van der Waals surface area contributed by atoms with E-state index in [1.54, 1.807) is 20.4 Å². The smallest absolute Gasteiger partial charge is 0.244 e. The quantitative estimate of drug-likeness (QED) is 0.848. The van der Waals surface area contributed by atoms with Crippen molar-refractivity contribution in [1.29, 1.82) is 0 Å². The first kappa shape index (κ1) is 15.3. The van der Waals surface area contributed by atoms with Crippen LogP contribution in [0.1, 0.15) is 25.7 Å². The SMILES string of the molecule is COc1ccc(OC)c(Nc2cnnc(NC3CCCC3)n2)c1. The fourth-order valence-corrected chi connectivity index (χ4v) is 2.73. The molecule has 1 aliphatic carbocycles.